The second-order valence-corrected chi connectivity index (χ2v) is 13.4. The average Bonchev–Trinajstić information content (AvgIpc) is 3.84. The monoisotopic (exact) mass is 651 g/mol. The van der Waals surface area contributed by atoms with Crippen LogP contribution in [0.1, 0.15) is 104 Å². The quantitative estimate of drug-likeness (QED) is 0.287. The van der Waals surface area contributed by atoms with Gasteiger partial charge in [0.25, 0.3) is 5.56 Å². The maximum Gasteiger partial charge on any atom is 0.305 e. The number of hydrogen-bond acceptors (Lipinski definition) is 4. The molecule has 0 unspecified atom stereocenters. The summed E-state index contributed by atoms with van der Waals surface area (Å²) in [5.74, 6) is -3.85. The van der Waals surface area contributed by atoms with E-state index in [1.807, 2.05) is 25.9 Å². The zero-order valence-corrected chi connectivity index (χ0v) is 27.4. The van der Waals surface area contributed by atoms with Gasteiger partial charge in [-0.3, -0.25) is 14.4 Å². The third-order valence-electron chi connectivity index (χ3n) is 9.35. The molecule has 2 bridgehead atoms. The molecular weight excluding hydrogens is 607 g/mol. The summed E-state index contributed by atoms with van der Waals surface area (Å²) in [6.45, 7) is 2.41. The Kier molecular flexibility index (Phi) is 10.9. The number of hydrogen-bond donors (Lipinski definition) is 2. The van der Waals surface area contributed by atoms with Crippen molar-refractivity contribution < 1.29 is 27.9 Å². The predicted octanol–water partition coefficient (Wildman–Crippen LogP) is 6.99. The second-order valence-electron chi connectivity index (χ2n) is 13.4. The lowest BCUT2D eigenvalue weighted by Crippen LogP contribution is -2.40. The van der Waals surface area contributed by atoms with Gasteiger partial charge in [-0.1, -0.05) is 25.7 Å². The highest BCUT2D eigenvalue weighted by molar-refractivity contribution is 5.82. The largest absolute Gasteiger partial charge is 0.481 e. The Bertz CT molecular complexity index is 1700. The lowest BCUT2D eigenvalue weighted by Gasteiger charge is -2.26. The van der Waals surface area contributed by atoms with E-state index in [0.29, 0.717) is 48.1 Å². The SMILES string of the molecule is Cc1cc(F)cc2c1-c1cc(C3CC3)c(F)c(c1)[C@H](CC(=O)O)NC(=O)[C@@H](n1cc(CCN(C)C)cc(F)c1=O)CCCCCCC2. The minimum absolute atomic E-state index is 0.0268. The number of carboxylic acids is 1. The van der Waals surface area contributed by atoms with Gasteiger partial charge in [0.15, 0.2) is 5.82 Å². The van der Waals surface area contributed by atoms with Gasteiger partial charge in [0, 0.05) is 18.3 Å². The van der Waals surface area contributed by atoms with Crippen LogP contribution in [0.25, 0.3) is 11.1 Å². The number of carboxylic acid groups (broad SMARTS) is 1. The summed E-state index contributed by atoms with van der Waals surface area (Å²) in [5, 5.41) is 12.7. The molecule has 1 aromatic heterocycles. The van der Waals surface area contributed by atoms with Crippen molar-refractivity contribution in [3.63, 3.8) is 0 Å². The fourth-order valence-electron chi connectivity index (χ4n) is 6.79. The number of halogens is 3. The number of aryl methyl sites for hydroxylation is 2. The lowest BCUT2D eigenvalue weighted by molar-refractivity contribution is -0.138. The van der Waals surface area contributed by atoms with E-state index in [1.54, 1.807) is 12.1 Å². The Morgan fingerprint density at radius 1 is 0.957 bits per heavy atom. The minimum atomic E-state index is -1.27. The number of aromatic nitrogens is 1. The Morgan fingerprint density at radius 3 is 2.36 bits per heavy atom. The summed E-state index contributed by atoms with van der Waals surface area (Å²) in [7, 11) is 3.76. The molecule has 3 aromatic rings. The number of rotatable bonds is 7. The molecule has 10 heteroatoms. The lowest BCUT2D eigenvalue weighted by atomic mass is 9.87. The van der Waals surface area contributed by atoms with Gasteiger partial charge in [-0.2, -0.15) is 0 Å². The van der Waals surface area contributed by atoms with Crippen molar-refractivity contribution in [1.82, 2.24) is 14.8 Å². The number of nitrogens with one attached hydrogen (secondary N) is 1. The van der Waals surface area contributed by atoms with E-state index in [2.05, 4.69) is 5.32 Å². The van der Waals surface area contributed by atoms with Crippen LogP contribution in [-0.4, -0.2) is 47.1 Å². The van der Waals surface area contributed by atoms with Crippen LogP contribution in [0, 0.1) is 24.4 Å². The summed E-state index contributed by atoms with van der Waals surface area (Å²) in [6, 6.07) is 5.13. The number of carbonyl (C=O) groups excluding carboxylic acids is 1. The molecule has 1 saturated carbocycles. The Morgan fingerprint density at radius 2 is 1.66 bits per heavy atom. The van der Waals surface area contributed by atoms with Gasteiger partial charge >= 0.3 is 5.97 Å². The van der Waals surface area contributed by atoms with Crippen molar-refractivity contribution >= 4 is 11.9 Å². The van der Waals surface area contributed by atoms with Gasteiger partial charge in [0.1, 0.15) is 17.7 Å². The molecule has 0 spiro atoms. The van der Waals surface area contributed by atoms with Crippen LogP contribution in [0.4, 0.5) is 13.2 Å². The van der Waals surface area contributed by atoms with E-state index in [0.717, 1.165) is 54.2 Å². The zero-order chi connectivity index (χ0) is 33.8. The second kappa shape index (κ2) is 14.9. The number of likely N-dealkylation sites (N-methyl/N-ethyl adjacent to an activating group) is 1. The maximum atomic E-state index is 16.4. The first-order valence-corrected chi connectivity index (χ1v) is 16.6. The summed E-state index contributed by atoms with van der Waals surface area (Å²) >= 11 is 0. The fraction of sp³-hybridized carbons (Fsp3) is 0.486. The fourth-order valence-corrected chi connectivity index (χ4v) is 6.79. The first kappa shape index (κ1) is 34.4. The van der Waals surface area contributed by atoms with Crippen LogP contribution in [0.5, 0.6) is 0 Å². The van der Waals surface area contributed by atoms with Crippen molar-refractivity contribution in [2.75, 3.05) is 20.6 Å². The van der Waals surface area contributed by atoms with E-state index < -0.39 is 47.6 Å². The van der Waals surface area contributed by atoms with E-state index in [1.165, 1.54) is 24.4 Å². The Hall–Kier alpha value is -3.92. The average molecular weight is 652 g/mol. The zero-order valence-electron chi connectivity index (χ0n) is 27.4. The maximum absolute atomic E-state index is 16.4. The first-order valence-electron chi connectivity index (χ1n) is 16.6. The molecule has 5 rings (SSSR count). The number of nitrogens with zero attached hydrogens (tertiary/aromatic N) is 2. The number of carbonyl (C=O) groups is 2. The van der Waals surface area contributed by atoms with Gasteiger partial charge in [0.05, 0.1) is 12.5 Å². The van der Waals surface area contributed by atoms with Crippen LogP contribution < -0.4 is 10.9 Å². The Balaban J connectivity index is 1.64. The molecule has 1 aliphatic carbocycles. The molecule has 252 valence electrons. The molecule has 1 amide bonds. The summed E-state index contributed by atoms with van der Waals surface area (Å²) < 4.78 is 47.1. The predicted molar refractivity (Wildman–Crippen MR) is 175 cm³/mol. The van der Waals surface area contributed by atoms with E-state index in [-0.39, 0.29) is 23.7 Å². The summed E-state index contributed by atoms with van der Waals surface area (Å²) in [6.07, 6.45) is 7.55. The third kappa shape index (κ3) is 8.33. The van der Waals surface area contributed by atoms with Crippen LogP contribution >= 0.6 is 0 Å². The standard InChI is InChI=1S/C37H44F3N3O4/c1-22-15-27(38)17-25-9-7-5-4-6-8-10-32(43-21-23(13-14-42(2)3)16-30(39)37(43)47)36(46)41-31(20-33(44)45)29-19-26(34(22)25)18-28(35(29)40)24-11-12-24/h15-19,21,24,31-32H,4-14,20H2,1-3H3,(H,41,46)(H,44,45)/t31-,32-/m0/s1. The van der Waals surface area contributed by atoms with Crippen LogP contribution in [0.3, 0.4) is 0 Å². The molecule has 1 aliphatic heterocycles. The highest BCUT2D eigenvalue weighted by Crippen LogP contribution is 2.45. The molecule has 2 aliphatic rings. The van der Waals surface area contributed by atoms with Crippen molar-refractivity contribution in [2.45, 2.75) is 95.6 Å². The van der Waals surface area contributed by atoms with Crippen molar-refractivity contribution in [1.29, 1.82) is 0 Å². The van der Waals surface area contributed by atoms with Gasteiger partial charge in [-0.15, -0.1) is 0 Å². The van der Waals surface area contributed by atoms with Crippen molar-refractivity contribution in [3.8, 4) is 11.1 Å². The van der Waals surface area contributed by atoms with Gasteiger partial charge < -0.3 is 19.9 Å². The smallest absolute Gasteiger partial charge is 0.305 e. The highest BCUT2D eigenvalue weighted by Gasteiger charge is 2.33. The van der Waals surface area contributed by atoms with E-state index in [9.17, 15) is 28.3 Å². The van der Waals surface area contributed by atoms with Crippen LogP contribution in [0.15, 0.2) is 41.3 Å². The third-order valence-corrected chi connectivity index (χ3v) is 9.35. The number of benzene rings is 2. The molecule has 2 heterocycles. The first-order chi connectivity index (χ1) is 22.4. The molecule has 7 nitrogen and oxygen atoms in total. The molecule has 0 saturated heterocycles. The van der Waals surface area contributed by atoms with Crippen LogP contribution in [-0.2, 0) is 22.4 Å². The number of pyridine rings is 1. The van der Waals surface area contributed by atoms with Crippen molar-refractivity contribution in [3.05, 3.63) is 92.2 Å². The highest BCUT2D eigenvalue weighted by atomic mass is 19.1. The summed E-state index contributed by atoms with van der Waals surface area (Å²) in [4.78, 5) is 41.3. The number of amides is 1. The van der Waals surface area contributed by atoms with E-state index in [4.69, 9.17) is 0 Å². The summed E-state index contributed by atoms with van der Waals surface area (Å²) in [5.41, 5.74) is 3.02. The minimum Gasteiger partial charge on any atom is -0.481 e. The molecule has 47 heavy (non-hydrogen) atoms. The molecule has 2 N–H and O–H groups in total. The normalized spacial score (nSPS) is 19.3. The molecule has 1 fully saturated rings. The topological polar surface area (TPSA) is 91.6 Å². The van der Waals surface area contributed by atoms with Gasteiger partial charge in [0.2, 0.25) is 5.91 Å². The molecule has 2 aromatic carbocycles. The van der Waals surface area contributed by atoms with E-state index >= 15 is 4.39 Å². The molecular formula is C37H44F3N3O4. The molecule has 0 radical (unpaired) electrons. The van der Waals surface area contributed by atoms with Crippen LogP contribution in [0.2, 0.25) is 0 Å². The number of aliphatic carboxylic acids is 1. The molecule has 2 atom stereocenters. The van der Waals surface area contributed by atoms with Gasteiger partial charge in [-0.05, 0) is 129 Å². The van der Waals surface area contributed by atoms with Crippen molar-refractivity contribution in [2.24, 2.45) is 0 Å². The number of fused-ring (bicyclic) bond motifs is 4. The Labute approximate surface area is 273 Å². The van der Waals surface area contributed by atoms with Gasteiger partial charge in [-0.25, -0.2) is 13.2 Å².